The van der Waals surface area contributed by atoms with Gasteiger partial charge in [-0.05, 0) is 18.5 Å². The van der Waals surface area contributed by atoms with Gasteiger partial charge >= 0.3 is 5.38 Å². The number of hydrogen-bond donors (Lipinski definition) is 1. The number of rotatable bonds is 3. The SMILES string of the molecule is Cc1nn(CCC(F)(F)Cl)cc1N. The van der Waals surface area contributed by atoms with Crippen molar-refractivity contribution >= 4 is 17.3 Å². The van der Waals surface area contributed by atoms with Crippen LogP contribution < -0.4 is 5.73 Å². The van der Waals surface area contributed by atoms with Crippen molar-refractivity contribution < 1.29 is 8.78 Å². The fourth-order valence-corrected chi connectivity index (χ4v) is 0.974. The number of aryl methyl sites for hydroxylation is 2. The summed E-state index contributed by atoms with van der Waals surface area (Å²) in [5, 5.41) is 0.741. The molecule has 0 amide bonds. The minimum absolute atomic E-state index is 0.0640. The summed E-state index contributed by atoms with van der Waals surface area (Å²) in [6.07, 6.45) is 1.06. The monoisotopic (exact) mass is 209 g/mol. The topological polar surface area (TPSA) is 43.8 Å². The molecule has 0 bridgehead atoms. The molecule has 0 saturated heterocycles. The highest BCUT2D eigenvalue weighted by molar-refractivity contribution is 6.21. The van der Waals surface area contributed by atoms with E-state index in [1.165, 1.54) is 10.9 Å². The number of nitrogens with zero attached hydrogens (tertiary/aromatic N) is 2. The molecule has 1 rings (SSSR count). The first-order valence-corrected chi connectivity index (χ1v) is 4.12. The second-order valence-electron chi connectivity index (χ2n) is 2.80. The summed E-state index contributed by atoms with van der Waals surface area (Å²) in [6.45, 7) is 1.78. The van der Waals surface area contributed by atoms with E-state index < -0.39 is 11.8 Å². The molecule has 1 heterocycles. The molecule has 0 aliphatic carbocycles. The van der Waals surface area contributed by atoms with E-state index in [4.69, 9.17) is 17.3 Å². The van der Waals surface area contributed by atoms with Crippen LogP contribution in [0.2, 0.25) is 0 Å². The Morgan fingerprint density at radius 2 is 2.31 bits per heavy atom. The van der Waals surface area contributed by atoms with Crippen LogP contribution in [-0.2, 0) is 6.54 Å². The Bertz CT molecular complexity index is 273. The lowest BCUT2D eigenvalue weighted by Crippen LogP contribution is -2.11. The van der Waals surface area contributed by atoms with Gasteiger partial charge in [0.15, 0.2) is 0 Å². The highest BCUT2D eigenvalue weighted by Gasteiger charge is 2.24. The summed E-state index contributed by atoms with van der Waals surface area (Å²) in [7, 11) is 0. The molecule has 0 aliphatic rings. The van der Waals surface area contributed by atoms with Crippen molar-refractivity contribution in [3.8, 4) is 0 Å². The Morgan fingerprint density at radius 1 is 1.69 bits per heavy atom. The van der Waals surface area contributed by atoms with Gasteiger partial charge < -0.3 is 5.73 Å². The third-order valence-corrected chi connectivity index (χ3v) is 1.80. The Labute approximate surface area is 79.5 Å². The highest BCUT2D eigenvalue weighted by atomic mass is 35.5. The van der Waals surface area contributed by atoms with Crippen molar-refractivity contribution in [1.29, 1.82) is 0 Å². The molecule has 0 aromatic carbocycles. The normalized spacial score (nSPS) is 12.0. The number of nitrogen functional groups attached to an aromatic ring is 1. The molecule has 0 aliphatic heterocycles. The van der Waals surface area contributed by atoms with Crippen molar-refractivity contribution in [3.63, 3.8) is 0 Å². The molecule has 6 heteroatoms. The molecule has 1 aromatic heterocycles. The molecule has 0 saturated carbocycles. The average molecular weight is 210 g/mol. The van der Waals surface area contributed by atoms with Gasteiger partial charge in [0.1, 0.15) is 0 Å². The van der Waals surface area contributed by atoms with Gasteiger partial charge in [0.2, 0.25) is 0 Å². The van der Waals surface area contributed by atoms with E-state index in [1.807, 2.05) is 0 Å². The molecule has 0 unspecified atom stereocenters. The van der Waals surface area contributed by atoms with Gasteiger partial charge in [-0.1, -0.05) is 0 Å². The third kappa shape index (κ3) is 3.18. The second kappa shape index (κ2) is 3.49. The molecule has 0 atom stereocenters. The van der Waals surface area contributed by atoms with Crippen LogP contribution in [0.25, 0.3) is 0 Å². The molecule has 2 N–H and O–H groups in total. The van der Waals surface area contributed by atoms with Crippen LogP contribution in [-0.4, -0.2) is 15.2 Å². The van der Waals surface area contributed by atoms with Crippen LogP contribution in [0.4, 0.5) is 14.5 Å². The molecule has 13 heavy (non-hydrogen) atoms. The second-order valence-corrected chi connectivity index (χ2v) is 3.35. The number of nitrogens with two attached hydrogens (primary N) is 1. The van der Waals surface area contributed by atoms with E-state index in [9.17, 15) is 8.78 Å². The zero-order valence-electron chi connectivity index (χ0n) is 7.10. The van der Waals surface area contributed by atoms with Crippen molar-refractivity contribution in [2.24, 2.45) is 0 Å². The summed E-state index contributed by atoms with van der Waals surface area (Å²) < 4.78 is 25.8. The van der Waals surface area contributed by atoms with Gasteiger partial charge in [-0.3, -0.25) is 4.68 Å². The van der Waals surface area contributed by atoms with Crippen molar-refractivity contribution in [2.45, 2.75) is 25.3 Å². The van der Waals surface area contributed by atoms with Crippen LogP contribution in [0.5, 0.6) is 0 Å². The van der Waals surface area contributed by atoms with Gasteiger partial charge in [0.25, 0.3) is 0 Å². The zero-order valence-corrected chi connectivity index (χ0v) is 7.85. The van der Waals surface area contributed by atoms with Crippen LogP contribution in [0, 0.1) is 6.92 Å². The quantitative estimate of drug-likeness (QED) is 0.774. The lowest BCUT2D eigenvalue weighted by atomic mass is 10.4. The summed E-state index contributed by atoms with van der Waals surface area (Å²) in [4.78, 5) is 0. The molecular formula is C7H10ClF2N3. The Balaban J connectivity index is 2.56. The number of aromatic nitrogens is 2. The molecule has 0 radical (unpaired) electrons. The molecule has 0 spiro atoms. The zero-order chi connectivity index (χ0) is 10.1. The van der Waals surface area contributed by atoms with Crippen LogP contribution in [0.1, 0.15) is 12.1 Å². The number of halogens is 3. The lowest BCUT2D eigenvalue weighted by molar-refractivity contribution is 0.0795. The first-order valence-electron chi connectivity index (χ1n) is 3.75. The molecule has 3 nitrogen and oxygen atoms in total. The van der Waals surface area contributed by atoms with Crippen LogP contribution >= 0.6 is 11.6 Å². The van der Waals surface area contributed by atoms with Crippen molar-refractivity contribution in [2.75, 3.05) is 5.73 Å². The number of alkyl halides is 3. The van der Waals surface area contributed by atoms with Gasteiger partial charge in [-0.25, -0.2) is 0 Å². The first-order chi connectivity index (χ1) is 5.88. The van der Waals surface area contributed by atoms with Gasteiger partial charge in [-0.15, -0.1) is 0 Å². The summed E-state index contributed by atoms with van der Waals surface area (Å²) in [6, 6.07) is 0. The van der Waals surface area contributed by atoms with E-state index in [1.54, 1.807) is 6.92 Å². The Morgan fingerprint density at radius 3 is 2.69 bits per heavy atom. The molecular weight excluding hydrogens is 200 g/mol. The van der Waals surface area contributed by atoms with Gasteiger partial charge in [0.05, 0.1) is 11.4 Å². The number of anilines is 1. The Hall–Kier alpha value is -0.840. The lowest BCUT2D eigenvalue weighted by Gasteiger charge is -2.06. The van der Waals surface area contributed by atoms with Crippen molar-refractivity contribution in [3.05, 3.63) is 11.9 Å². The maximum Gasteiger partial charge on any atom is 0.323 e. The van der Waals surface area contributed by atoms with Crippen LogP contribution in [0.3, 0.4) is 0 Å². The van der Waals surface area contributed by atoms with E-state index in [2.05, 4.69) is 5.10 Å². The summed E-state index contributed by atoms with van der Waals surface area (Å²) in [5.41, 5.74) is 6.61. The largest absolute Gasteiger partial charge is 0.396 e. The van der Waals surface area contributed by atoms with Crippen LogP contribution in [0.15, 0.2) is 6.20 Å². The molecule has 74 valence electrons. The minimum atomic E-state index is -3.17. The number of hydrogen-bond acceptors (Lipinski definition) is 2. The molecule has 0 fully saturated rings. The molecule has 1 aromatic rings. The van der Waals surface area contributed by atoms with Gasteiger partial charge in [0, 0.05) is 19.2 Å². The van der Waals surface area contributed by atoms with Crippen molar-refractivity contribution in [1.82, 2.24) is 9.78 Å². The summed E-state index contributed by atoms with van der Waals surface area (Å²) in [5.74, 6) is 0. The fourth-order valence-electron chi connectivity index (χ4n) is 0.889. The fraction of sp³-hybridized carbons (Fsp3) is 0.571. The maximum absolute atomic E-state index is 12.2. The minimum Gasteiger partial charge on any atom is -0.396 e. The third-order valence-electron chi connectivity index (χ3n) is 1.61. The Kier molecular flexibility index (Phi) is 2.75. The van der Waals surface area contributed by atoms with E-state index >= 15 is 0 Å². The summed E-state index contributed by atoms with van der Waals surface area (Å²) >= 11 is 4.72. The standard InChI is InChI=1S/C7H10ClF2N3/c1-5-6(11)4-13(12-5)3-2-7(8,9)10/h4H,2-3,11H2,1H3. The van der Waals surface area contributed by atoms with Gasteiger partial charge in [-0.2, -0.15) is 13.9 Å². The smallest absolute Gasteiger partial charge is 0.323 e. The highest BCUT2D eigenvalue weighted by Crippen LogP contribution is 2.23. The van der Waals surface area contributed by atoms with E-state index in [0.29, 0.717) is 11.4 Å². The van der Waals surface area contributed by atoms with E-state index in [-0.39, 0.29) is 6.54 Å². The van der Waals surface area contributed by atoms with E-state index in [0.717, 1.165) is 0 Å². The maximum atomic E-state index is 12.2. The predicted octanol–water partition coefficient (Wildman–Crippen LogP) is 2.00. The predicted molar refractivity (Wildman–Crippen MR) is 46.8 cm³/mol. The first kappa shape index (κ1) is 10.2. The average Bonchev–Trinajstić information content (AvgIpc) is 2.27.